The first-order valence-corrected chi connectivity index (χ1v) is 8.91. The average molecular weight is 291 g/mol. The summed E-state index contributed by atoms with van der Waals surface area (Å²) in [7, 11) is -2.15. The van der Waals surface area contributed by atoms with Crippen LogP contribution in [0.15, 0.2) is 18.2 Å². The Kier molecular flexibility index (Phi) is 3.96. The summed E-state index contributed by atoms with van der Waals surface area (Å²) in [5.74, 6) is 0.230. The van der Waals surface area contributed by atoms with Crippen molar-refractivity contribution in [2.75, 3.05) is 5.73 Å². The van der Waals surface area contributed by atoms with Gasteiger partial charge in [0.05, 0.1) is 5.56 Å². The fraction of sp³-hybridized carbons (Fsp3) is 0.538. The topological polar surface area (TPSA) is 35.2 Å². The Morgan fingerprint density at radius 2 is 1.63 bits per heavy atom. The Hall–Kier alpha value is -1.17. The van der Waals surface area contributed by atoms with Gasteiger partial charge in [-0.15, -0.1) is 0 Å². The van der Waals surface area contributed by atoms with Gasteiger partial charge in [0.15, 0.2) is 0 Å². The van der Waals surface area contributed by atoms with Crippen LogP contribution in [0.5, 0.6) is 5.75 Å². The molecule has 0 aliphatic heterocycles. The van der Waals surface area contributed by atoms with Crippen molar-refractivity contribution in [3.05, 3.63) is 23.8 Å². The largest absolute Gasteiger partial charge is 0.543 e. The van der Waals surface area contributed by atoms with Crippen LogP contribution < -0.4 is 10.2 Å². The van der Waals surface area contributed by atoms with Crippen LogP contribution >= 0.6 is 0 Å². The first kappa shape index (κ1) is 15.9. The molecule has 0 saturated heterocycles. The Morgan fingerprint density at radius 1 is 1.11 bits per heavy atom. The van der Waals surface area contributed by atoms with Crippen molar-refractivity contribution in [3.63, 3.8) is 0 Å². The molecule has 2 N–H and O–H groups in total. The van der Waals surface area contributed by atoms with Crippen molar-refractivity contribution in [1.29, 1.82) is 0 Å². The second kappa shape index (κ2) is 4.74. The van der Waals surface area contributed by atoms with Gasteiger partial charge in [0.25, 0.3) is 0 Å². The summed E-state index contributed by atoms with van der Waals surface area (Å²) in [6, 6.07) is 3.71. The van der Waals surface area contributed by atoms with Crippen molar-refractivity contribution in [2.45, 2.75) is 45.1 Å². The maximum absolute atomic E-state index is 12.8. The number of anilines is 1. The molecule has 1 aromatic carbocycles. The number of hydrogen-bond acceptors (Lipinski definition) is 2. The van der Waals surface area contributed by atoms with Crippen LogP contribution in [0.25, 0.3) is 0 Å². The van der Waals surface area contributed by atoms with E-state index in [1.807, 2.05) is 33.9 Å². The monoisotopic (exact) mass is 291 g/mol. The highest BCUT2D eigenvalue weighted by Gasteiger charge is 2.40. The number of nitrogens with two attached hydrogens (primary N) is 1. The van der Waals surface area contributed by atoms with E-state index in [4.69, 9.17) is 10.2 Å². The third kappa shape index (κ3) is 3.65. The lowest BCUT2D eigenvalue weighted by atomic mass is 10.1. The molecule has 0 unspecified atom stereocenters. The van der Waals surface area contributed by atoms with Gasteiger partial charge in [-0.05, 0) is 36.3 Å². The molecule has 1 aromatic rings. The SMILES string of the molecule is CC(C)(C)[Si](C)(C)Oc1ccc(N)c(C(F)(F)F)c1. The second-order valence-corrected chi connectivity index (χ2v) is 10.8. The van der Waals surface area contributed by atoms with E-state index in [9.17, 15) is 13.2 Å². The Morgan fingerprint density at radius 3 is 2.05 bits per heavy atom. The van der Waals surface area contributed by atoms with Gasteiger partial charge in [-0.25, -0.2) is 0 Å². The van der Waals surface area contributed by atoms with Crippen LogP contribution in [0.1, 0.15) is 26.3 Å². The van der Waals surface area contributed by atoms with Gasteiger partial charge >= 0.3 is 6.18 Å². The molecular weight excluding hydrogens is 271 g/mol. The van der Waals surface area contributed by atoms with Gasteiger partial charge in [0.2, 0.25) is 8.32 Å². The maximum Gasteiger partial charge on any atom is 0.418 e. The molecule has 1 rings (SSSR count). The summed E-state index contributed by atoms with van der Waals surface area (Å²) in [5.41, 5.74) is 4.23. The van der Waals surface area contributed by atoms with E-state index in [0.717, 1.165) is 6.07 Å². The van der Waals surface area contributed by atoms with Gasteiger partial charge in [-0.2, -0.15) is 13.2 Å². The molecule has 2 nitrogen and oxygen atoms in total. The highest BCUT2D eigenvalue weighted by atomic mass is 28.4. The van der Waals surface area contributed by atoms with Gasteiger partial charge in [-0.1, -0.05) is 20.8 Å². The zero-order valence-corrected chi connectivity index (χ0v) is 12.9. The summed E-state index contributed by atoms with van der Waals surface area (Å²) in [6.07, 6.45) is -4.46. The third-order valence-corrected chi connectivity index (χ3v) is 7.87. The number of hydrogen-bond donors (Lipinski definition) is 1. The Bertz CT molecular complexity index is 464. The van der Waals surface area contributed by atoms with Crippen LogP contribution in [0, 0.1) is 0 Å². The van der Waals surface area contributed by atoms with E-state index in [0.29, 0.717) is 0 Å². The van der Waals surface area contributed by atoms with Crippen molar-refractivity contribution < 1.29 is 17.6 Å². The van der Waals surface area contributed by atoms with Crippen LogP contribution in [-0.4, -0.2) is 8.32 Å². The fourth-order valence-corrected chi connectivity index (χ4v) is 2.31. The Balaban J connectivity index is 3.12. The molecule has 0 bridgehead atoms. The molecule has 0 aliphatic carbocycles. The van der Waals surface area contributed by atoms with Gasteiger partial charge in [0.1, 0.15) is 5.75 Å². The van der Waals surface area contributed by atoms with Crippen LogP contribution in [0.4, 0.5) is 18.9 Å². The first-order chi connectivity index (χ1) is 8.34. The summed E-state index contributed by atoms with van der Waals surface area (Å²) in [5, 5.41) is -0.0766. The highest BCUT2D eigenvalue weighted by molar-refractivity contribution is 6.74. The van der Waals surface area contributed by atoms with E-state index in [2.05, 4.69) is 0 Å². The minimum Gasteiger partial charge on any atom is -0.543 e. The van der Waals surface area contributed by atoms with E-state index in [1.54, 1.807) is 0 Å². The van der Waals surface area contributed by atoms with Gasteiger partial charge in [-0.3, -0.25) is 0 Å². The predicted molar refractivity (Wildman–Crippen MR) is 73.7 cm³/mol. The number of rotatable bonds is 2. The molecular formula is C13H20F3NOSi. The van der Waals surface area contributed by atoms with Crippen molar-refractivity contribution in [3.8, 4) is 5.75 Å². The molecule has 0 aliphatic rings. The van der Waals surface area contributed by atoms with Crippen molar-refractivity contribution in [2.24, 2.45) is 0 Å². The van der Waals surface area contributed by atoms with E-state index in [-0.39, 0.29) is 16.5 Å². The van der Waals surface area contributed by atoms with E-state index in [1.165, 1.54) is 12.1 Å². The predicted octanol–water partition coefficient (Wildman–Crippen LogP) is 4.67. The maximum atomic E-state index is 12.8. The zero-order valence-electron chi connectivity index (χ0n) is 11.9. The van der Waals surface area contributed by atoms with Crippen molar-refractivity contribution in [1.82, 2.24) is 0 Å². The van der Waals surface area contributed by atoms with Gasteiger partial charge < -0.3 is 10.2 Å². The third-order valence-electron chi connectivity index (χ3n) is 3.51. The number of halogens is 3. The van der Waals surface area contributed by atoms with Crippen LogP contribution in [0.2, 0.25) is 18.1 Å². The summed E-state index contributed by atoms with van der Waals surface area (Å²) >= 11 is 0. The molecule has 108 valence electrons. The lowest BCUT2D eigenvalue weighted by molar-refractivity contribution is -0.137. The number of alkyl halides is 3. The molecule has 0 heterocycles. The molecule has 0 spiro atoms. The molecule has 0 radical (unpaired) electrons. The second-order valence-electron chi connectivity index (χ2n) is 6.11. The quantitative estimate of drug-likeness (QED) is 0.634. The molecule has 19 heavy (non-hydrogen) atoms. The number of benzene rings is 1. The van der Waals surface area contributed by atoms with Crippen LogP contribution in [-0.2, 0) is 6.18 Å². The molecule has 6 heteroatoms. The standard InChI is InChI=1S/C13H20F3NOSi/c1-12(2,3)19(4,5)18-9-6-7-11(17)10(8-9)13(14,15)16/h6-8H,17H2,1-5H3. The molecule has 0 atom stereocenters. The summed E-state index contributed by atoms with van der Waals surface area (Å²) in [6.45, 7) is 10.1. The highest BCUT2D eigenvalue weighted by Crippen LogP contribution is 2.40. The van der Waals surface area contributed by atoms with E-state index >= 15 is 0 Å². The zero-order chi connectivity index (χ0) is 15.1. The minimum absolute atomic E-state index is 0.0766. The fourth-order valence-electron chi connectivity index (χ4n) is 1.29. The molecule has 0 saturated carbocycles. The smallest absolute Gasteiger partial charge is 0.418 e. The Labute approximate surface area is 112 Å². The average Bonchev–Trinajstić information content (AvgIpc) is 2.17. The summed E-state index contributed by atoms with van der Waals surface area (Å²) < 4.78 is 44.2. The number of nitrogen functional groups attached to an aromatic ring is 1. The normalized spacial score (nSPS) is 13.5. The lowest BCUT2D eigenvalue weighted by Gasteiger charge is -2.36. The minimum atomic E-state index is -4.46. The molecule has 0 amide bonds. The summed E-state index contributed by atoms with van der Waals surface area (Å²) in [4.78, 5) is 0. The van der Waals surface area contributed by atoms with Crippen molar-refractivity contribution >= 4 is 14.0 Å². The lowest BCUT2D eigenvalue weighted by Crippen LogP contribution is -2.43. The van der Waals surface area contributed by atoms with Crippen LogP contribution in [0.3, 0.4) is 0 Å². The molecule has 0 aromatic heterocycles. The van der Waals surface area contributed by atoms with Gasteiger partial charge in [0, 0.05) is 5.69 Å². The molecule has 0 fully saturated rings. The first-order valence-electron chi connectivity index (χ1n) is 6.00. The van der Waals surface area contributed by atoms with E-state index < -0.39 is 20.1 Å².